The van der Waals surface area contributed by atoms with Crippen LogP contribution in [0.1, 0.15) is 22.3 Å². The number of thiophene rings is 1. The van der Waals surface area contributed by atoms with E-state index in [0.29, 0.717) is 21.5 Å². The minimum absolute atomic E-state index is 0.0377. The Morgan fingerprint density at radius 1 is 1.38 bits per heavy atom. The molecule has 2 atom stereocenters. The summed E-state index contributed by atoms with van der Waals surface area (Å²) in [5.41, 5.74) is 0.635. The van der Waals surface area contributed by atoms with E-state index in [9.17, 15) is 9.59 Å². The molecular formula is C15H15ClN2O4S2. The van der Waals surface area contributed by atoms with Crippen LogP contribution in [0.3, 0.4) is 0 Å². The summed E-state index contributed by atoms with van der Waals surface area (Å²) >= 11 is 8.66. The first-order valence-corrected chi connectivity index (χ1v) is 9.27. The van der Waals surface area contributed by atoms with Gasteiger partial charge >= 0.3 is 5.97 Å². The Balaban J connectivity index is 1.84. The van der Waals surface area contributed by atoms with Gasteiger partial charge in [0, 0.05) is 6.54 Å². The molecule has 0 aromatic carbocycles. The Hall–Kier alpha value is -1.48. The number of thiazole rings is 1. The molecule has 128 valence electrons. The number of halogens is 1. The molecule has 1 amide bonds. The van der Waals surface area contributed by atoms with E-state index in [-0.39, 0.29) is 18.6 Å². The van der Waals surface area contributed by atoms with E-state index in [1.165, 1.54) is 27.6 Å². The predicted molar refractivity (Wildman–Crippen MR) is 93.0 cm³/mol. The average Bonchev–Trinajstić information content (AvgIpc) is 3.11. The molecule has 0 spiro atoms. The topological polar surface area (TPSA) is 79.7 Å². The molecule has 1 fully saturated rings. The fourth-order valence-corrected chi connectivity index (χ4v) is 4.66. The van der Waals surface area contributed by atoms with Crippen LogP contribution in [-0.2, 0) is 9.53 Å². The van der Waals surface area contributed by atoms with Gasteiger partial charge in [-0.05, 0) is 26.0 Å². The maximum absolute atomic E-state index is 12.8. The van der Waals surface area contributed by atoms with Crippen molar-refractivity contribution in [2.24, 2.45) is 0 Å². The number of hydrogen-bond acceptors (Lipinski definition) is 6. The Kier molecular flexibility index (Phi) is 4.91. The Bertz CT molecular complexity index is 788. The second-order valence-electron chi connectivity index (χ2n) is 5.52. The highest BCUT2D eigenvalue weighted by atomic mass is 35.5. The SMILES string of the molecule is Cc1nc(-c2ccc(Cl)s2)sc1C(=O)N1CC(C(=O)O)O[C@H](C)C1. The Morgan fingerprint density at radius 3 is 2.75 bits per heavy atom. The van der Waals surface area contributed by atoms with Gasteiger partial charge in [0.05, 0.1) is 27.6 Å². The molecule has 2 aromatic rings. The maximum Gasteiger partial charge on any atom is 0.334 e. The summed E-state index contributed by atoms with van der Waals surface area (Å²) in [7, 11) is 0. The van der Waals surface area contributed by atoms with E-state index in [4.69, 9.17) is 21.4 Å². The van der Waals surface area contributed by atoms with E-state index < -0.39 is 12.1 Å². The summed E-state index contributed by atoms with van der Waals surface area (Å²) in [4.78, 5) is 31.4. The molecule has 6 nitrogen and oxygen atoms in total. The van der Waals surface area contributed by atoms with Crippen molar-refractivity contribution in [2.75, 3.05) is 13.1 Å². The number of hydrogen-bond donors (Lipinski definition) is 1. The van der Waals surface area contributed by atoms with Crippen LogP contribution in [0.15, 0.2) is 12.1 Å². The second kappa shape index (κ2) is 6.79. The van der Waals surface area contributed by atoms with Crippen LogP contribution in [-0.4, -0.2) is 52.2 Å². The summed E-state index contributed by atoms with van der Waals surface area (Å²) in [5.74, 6) is -1.27. The van der Waals surface area contributed by atoms with E-state index in [0.717, 1.165) is 9.88 Å². The van der Waals surface area contributed by atoms with Gasteiger partial charge in [0.1, 0.15) is 9.88 Å². The van der Waals surface area contributed by atoms with Crippen LogP contribution in [0.5, 0.6) is 0 Å². The Labute approximate surface area is 151 Å². The number of aryl methyl sites for hydroxylation is 1. The first kappa shape index (κ1) is 17.3. The number of ether oxygens (including phenoxy) is 1. The Morgan fingerprint density at radius 2 is 2.12 bits per heavy atom. The maximum atomic E-state index is 12.8. The van der Waals surface area contributed by atoms with Gasteiger partial charge in [0.2, 0.25) is 0 Å². The lowest BCUT2D eigenvalue weighted by molar-refractivity contribution is -0.160. The van der Waals surface area contributed by atoms with Gasteiger partial charge in [-0.3, -0.25) is 4.79 Å². The van der Waals surface area contributed by atoms with Crippen molar-refractivity contribution < 1.29 is 19.4 Å². The van der Waals surface area contributed by atoms with Crippen molar-refractivity contribution in [1.29, 1.82) is 0 Å². The summed E-state index contributed by atoms with van der Waals surface area (Å²) in [6.45, 7) is 3.94. The van der Waals surface area contributed by atoms with Crippen molar-refractivity contribution >= 4 is 46.2 Å². The summed E-state index contributed by atoms with van der Waals surface area (Å²) in [5, 5.41) is 9.89. The van der Waals surface area contributed by atoms with E-state index >= 15 is 0 Å². The number of carbonyl (C=O) groups is 2. The molecule has 0 saturated carbocycles. The molecule has 1 unspecified atom stereocenters. The monoisotopic (exact) mass is 386 g/mol. The number of aromatic nitrogens is 1. The van der Waals surface area contributed by atoms with Crippen LogP contribution in [0.25, 0.3) is 9.88 Å². The van der Waals surface area contributed by atoms with Gasteiger partial charge in [0.25, 0.3) is 5.91 Å². The van der Waals surface area contributed by atoms with Crippen LogP contribution in [0, 0.1) is 6.92 Å². The third-order valence-electron chi connectivity index (χ3n) is 3.60. The number of aliphatic carboxylic acids is 1. The largest absolute Gasteiger partial charge is 0.479 e. The number of morpholine rings is 1. The number of carbonyl (C=O) groups excluding carboxylic acids is 1. The van der Waals surface area contributed by atoms with Crippen molar-refractivity contribution in [2.45, 2.75) is 26.1 Å². The van der Waals surface area contributed by atoms with Gasteiger partial charge in [-0.1, -0.05) is 11.6 Å². The highest BCUT2D eigenvalue weighted by molar-refractivity contribution is 7.24. The summed E-state index contributed by atoms with van der Waals surface area (Å²) in [6.07, 6.45) is -1.32. The van der Waals surface area contributed by atoms with Gasteiger partial charge in [-0.15, -0.1) is 22.7 Å². The minimum Gasteiger partial charge on any atom is -0.479 e. The normalized spacial score (nSPS) is 21.0. The first-order chi connectivity index (χ1) is 11.3. The van der Waals surface area contributed by atoms with Crippen molar-refractivity contribution in [1.82, 2.24) is 9.88 Å². The van der Waals surface area contributed by atoms with Gasteiger partial charge in [-0.25, -0.2) is 9.78 Å². The van der Waals surface area contributed by atoms with Crippen LogP contribution >= 0.6 is 34.3 Å². The van der Waals surface area contributed by atoms with Gasteiger partial charge in [-0.2, -0.15) is 0 Å². The van der Waals surface area contributed by atoms with E-state index in [1.54, 1.807) is 19.9 Å². The second-order valence-corrected chi connectivity index (χ2v) is 8.24. The third-order valence-corrected chi connectivity index (χ3v) is 6.14. The highest BCUT2D eigenvalue weighted by Gasteiger charge is 2.34. The van der Waals surface area contributed by atoms with Crippen molar-refractivity contribution in [3.63, 3.8) is 0 Å². The number of amides is 1. The molecule has 24 heavy (non-hydrogen) atoms. The molecule has 1 aliphatic heterocycles. The fraction of sp³-hybridized carbons (Fsp3) is 0.400. The molecule has 3 heterocycles. The molecule has 1 aliphatic rings. The van der Waals surface area contributed by atoms with E-state index in [2.05, 4.69) is 4.98 Å². The van der Waals surface area contributed by atoms with Gasteiger partial charge < -0.3 is 14.7 Å². The molecular weight excluding hydrogens is 372 g/mol. The third kappa shape index (κ3) is 3.46. The highest BCUT2D eigenvalue weighted by Crippen LogP contribution is 2.35. The zero-order valence-electron chi connectivity index (χ0n) is 13.0. The number of rotatable bonds is 3. The first-order valence-electron chi connectivity index (χ1n) is 7.26. The molecule has 9 heteroatoms. The van der Waals surface area contributed by atoms with Gasteiger partial charge in [0.15, 0.2) is 6.10 Å². The number of carboxylic acid groups (broad SMARTS) is 1. The lowest BCUT2D eigenvalue weighted by Crippen LogP contribution is -2.51. The number of carboxylic acids is 1. The summed E-state index contributed by atoms with van der Waals surface area (Å²) < 4.78 is 6.02. The predicted octanol–water partition coefficient (Wildman–Crippen LogP) is 3.15. The lowest BCUT2D eigenvalue weighted by atomic mass is 10.2. The molecule has 3 rings (SSSR count). The average molecular weight is 387 g/mol. The fourth-order valence-electron chi connectivity index (χ4n) is 2.53. The number of nitrogens with zero attached hydrogens (tertiary/aromatic N) is 2. The minimum atomic E-state index is -1.06. The van der Waals surface area contributed by atoms with E-state index in [1.807, 2.05) is 6.07 Å². The summed E-state index contributed by atoms with van der Waals surface area (Å²) in [6, 6.07) is 3.66. The molecule has 1 saturated heterocycles. The van der Waals surface area contributed by atoms with Crippen molar-refractivity contribution in [3.05, 3.63) is 27.0 Å². The van der Waals surface area contributed by atoms with Crippen molar-refractivity contribution in [3.8, 4) is 9.88 Å². The molecule has 0 aliphatic carbocycles. The molecule has 1 N–H and O–H groups in total. The quantitative estimate of drug-likeness (QED) is 0.876. The zero-order valence-corrected chi connectivity index (χ0v) is 15.4. The smallest absolute Gasteiger partial charge is 0.334 e. The van der Waals surface area contributed by atoms with Crippen LogP contribution in [0.2, 0.25) is 4.34 Å². The zero-order chi connectivity index (χ0) is 17.4. The van der Waals surface area contributed by atoms with Crippen LogP contribution < -0.4 is 0 Å². The van der Waals surface area contributed by atoms with Crippen LogP contribution in [0.4, 0.5) is 0 Å². The molecule has 2 aromatic heterocycles. The molecule has 0 bridgehead atoms. The standard InChI is InChI=1S/C15H15ClN2O4S2/c1-7-5-18(6-9(22-7)15(20)21)14(19)12-8(2)17-13(24-12)10-3-4-11(16)23-10/h3-4,7,9H,5-6H2,1-2H3,(H,20,21)/t7-,9?/m1/s1. The lowest BCUT2D eigenvalue weighted by Gasteiger charge is -2.34. The molecule has 0 radical (unpaired) electrons.